The molecule has 16 heteroatoms. The standard InChI is InChI=1S/C48H78O16/c1-9-26-32(51)35(54)37(56)40(61-26)62-27-21-59-41(38(33(27)52)64-39-36(55)34(53)31(50)23(2)60-39)63-30-13-14-44(5)28(45(30,6)22-49)12-15-47(8)29(44)11-10-24-25-20-43(3,4)16-18-48(25,42(57)58)19-17-46(24,47)7/h10,23,25-41,49-56H,9,11-22H2,1-8H3,(H,57,58)/t23-,25-,26+,27-,28+,29+,30-,31-,32+,33-,34+,35-,36+,37+,38+,39-,40-,41-,44-,45-,46+,47+,48-/m0/s1. The van der Waals surface area contributed by atoms with Crippen LogP contribution in [0.5, 0.6) is 0 Å². The molecule has 9 N–H and O–H groups in total. The van der Waals surface area contributed by atoms with Gasteiger partial charge in [0.2, 0.25) is 0 Å². The van der Waals surface area contributed by atoms with Crippen molar-refractivity contribution in [3.05, 3.63) is 11.6 Å². The average molecular weight is 911 g/mol. The molecule has 0 unspecified atom stereocenters. The summed E-state index contributed by atoms with van der Waals surface area (Å²) in [5.41, 5.74) is -0.608. The van der Waals surface area contributed by atoms with Crippen LogP contribution < -0.4 is 0 Å². The third-order valence-corrected chi connectivity index (χ3v) is 19.3. The Morgan fingerprint density at radius 1 is 0.734 bits per heavy atom. The summed E-state index contributed by atoms with van der Waals surface area (Å²) in [6.07, 6.45) is -9.76. The van der Waals surface area contributed by atoms with Crippen molar-refractivity contribution in [3.63, 3.8) is 0 Å². The van der Waals surface area contributed by atoms with Gasteiger partial charge in [0.15, 0.2) is 18.9 Å². The van der Waals surface area contributed by atoms with E-state index in [0.717, 1.165) is 44.9 Å². The van der Waals surface area contributed by atoms with E-state index in [1.165, 1.54) is 12.5 Å². The van der Waals surface area contributed by atoms with E-state index >= 15 is 0 Å². The van der Waals surface area contributed by atoms with E-state index in [-0.39, 0.29) is 52.6 Å². The van der Waals surface area contributed by atoms with Gasteiger partial charge < -0.3 is 74.4 Å². The Morgan fingerprint density at radius 2 is 1.39 bits per heavy atom. The van der Waals surface area contributed by atoms with Crippen LogP contribution in [0, 0.1) is 50.2 Å². The van der Waals surface area contributed by atoms with Gasteiger partial charge in [-0.15, -0.1) is 0 Å². The van der Waals surface area contributed by atoms with Gasteiger partial charge in [-0.25, -0.2) is 0 Å². The van der Waals surface area contributed by atoms with Crippen LogP contribution in [0.3, 0.4) is 0 Å². The van der Waals surface area contributed by atoms with Crippen molar-refractivity contribution in [1.82, 2.24) is 0 Å². The van der Waals surface area contributed by atoms with Gasteiger partial charge in [0, 0.05) is 5.41 Å². The van der Waals surface area contributed by atoms with Crippen LogP contribution in [0.15, 0.2) is 11.6 Å². The highest BCUT2D eigenvalue weighted by atomic mass is 16.8. The van der Waals surface area contributed by atoms with Gasteiger partial charge in [0.05, 0.1) is 36.9 Å². The molecule has 23 atom stereocenters. The highest BCUT2D eigenvalue weighted by Crippen LogP contribution is 2.76. The van der Waals surface area contributed by atoms with E-state index in [1.54, 1.807) is 6.92 Å². The Bertz CT molecular complexity index is 1740. The first-order chi connectivity index (χ1) is 29.9. The van der Waals surface area contributed by atoms with Crippen molar-refractivity contribution in [1.29, 1.82) is 0 Å². The van der Waals surface area contributed by atoms with E-state index in [1.807, 2.05) is 0 Å². The van der Waals surface area contributed by atoms with Gasteiger partial charge in [-0.1, -0.05) is 60.1 Å². The van der Waals surface area contributed by atoms with Crippen LogP contribution >= 0.6 is 0 Å². The Balaban J connectivity index is 1.05. The molecule has 3 saturated heterocycles. The summed E-state index contributed by atoms with van der Waals surface area (Å²) >= 11 is 0. The maximum absolute atomic E-state index is 13.2. The predicted octanol–water partition coefficient (Wildman–Crippen LogP) is 2.76. The van der Waals surface area contributed by atoms with Crippen molar-refractivity contribution < 1.29 is 79.2 Å². The highest BCUT2D eigenvalue weighted by Gasteiger charge is 2.70. The maximum atomic E-state index is 13.2. The lowest BCUT2D eigenvalue weighted by Gasteiger charge is -2.71. The lowest BCUT2D eigenvalue weighted by Crippen LogP contribution is -2.67. The molecule has 3 aliphatic heterocycles. The van der Waals surface area contributed by atoms with Crippen LogP contribution in [0.1, 0.15) is 126 Å². The second kappa shape index (κ2) is 17.3. The number of carboxylic acids is 1. The van der Waals surface area contributed by atoms with Crippen LogP contribution in [0.2, 0.25) is 0 Å². The number of ether oxygens (including phenoxy) is 6. The predicted molar refractivity (Wildman–Crippen MR) is 228 cm³/mol. The molecular weight excluding hydrogens is 833 g/mol. The van der Waals surface area contributed by atoms with Gasteiger partial charge in [-0.2, -0.15) is 0 Å². The molecule has 8 aliphatic rings. The topological polar surface area (TPSA) is 255 Å². The normalized spacial score (nSPS) is 55.0. The Hall–Kier alpha value is -1.35. The molecule has 0 amide bonds. The molecule has 7 fully saturated rings. The SMILES string of the molecule is CC[C@H]1O[C@@H](O[C@H]2CO[C@@H](O[C@H]3CC[C@@]4(C)[C@@H](CC[C@]5(C)[C@@H]4CC=C4[C@@H]6CC(C)(C)CC[C@]6(C(=O)O)CC[C@]45C)[C@]3(C)CO)[C@H](O[C@@H]3O[C@@H](C)[C@H](O)[C@@H](O)[C@H]3O)[C@H]2O)[C@H](O)[C@@H](O)[C@@H]1O. The zero-order valence-corrected chi connectivity index (χ0v) is 39.0. The third-order valence-electron chi connectivity index (χ3n) is 19.3. The number of hydrogen-bond acceptors (Lipinski definition) is 15. The fourth-order valence-electron chi connectivity index (χ4n) is 15.0. The first-order valence-electron chi connectivity index (χ1n) is 24.1. The summed E-state index contributed by atoms with van der Waals surface area (Å²) in [5, 5.41) is 98.3. The summed E-state index contributed by atoms with van der Waals surface area (Å²) in [7, 11) is 0. The molecule has 0 bridgehead atoms. The van der Waals surface area contributed by atoms with E-state index in [9.17, 15) is 50.8 Å². The smallest absolute Gasteiger partial charge is 0.310 e. The zero-order chi connectivity index (χ0) is 46.7. The second-order valence-electron chi connectivity index (χ2n) is 23.1. The average Bonchev–Trinajstić information content (AvgIpc) is 3.24. The van der Waals surface area contributed by atoms with E-state index in [4.69, 9.17) is 28.4 Å². The molecule has 3 heterocycles. The molecule has 16 nitrogen and oxygen atoms in total. The quantitative estimate of drug-likeness (QED) is 0.119. The van der Waals surface area contributed by atoms with E-state index in [0.29, 0.717) is 25.7 Å². The first kappa shape index (κ1) is 49.1. The van der Waals surface area contributed by atoms with E-state index < -0.39 is 109 Å². The number of aliphatic carboxylic acids is 1. The Morgan fingerprint density at radius 3 is 2.05 bits per heavy atom. The molecule has 0 spiro atoms. The van der Waals surface area contributed by atoms with Gasteiger partial charge in [-0.3, -0.25) is 4.79 Å². The summed E-state index contributed by atoms with van der Waals surface area (Å²) in [4.78, 5) is 13.2. The maximum Gasteiger partial charge on any atom is 0.310 e. The molecule has 64 heavy (non-hydrogen) atoms. The number of hydrogen-bond donors (Lipinski definition) is 9. The molecular formula is C48H78O16. The van der Waals surface area contributed by atoms with Crippen molar-refractivity contribution in [3.8, 4) is 0 Å². The molecule has 4 saturated carbocycles. The van der Waals surface area contributed by atoms with Crippen LogP contribution in [-0.2, 0) is 33.2 Å². The van der Waals surface area contributed by atoms with Crippen molar-refractivity contribution in [2.45, 2.75) is 218 Å². The van der Waals surface area contributed by atoms with E-state index in [2.05, 4.69) is 47.6 Å². The molecule has 8 rings (SSSR count). The summed E-state index contributed by atoms with van der Waals surface area (Å²) < 4.78 is 37.1. The summed E-state index contributed by atoms with van der Waals surface area (Å²) in [6, 6.07) is 0. The highest BCUT2D eigenvalue weighted by molar-refractivity contribution is 5.76. The Kier molecular flexibility index (Phi) is 13.2. The number of carbonyl (C=O) groups is 1. The third kappa shape index (κ3) is 7.50. The summed E-state index contributed by atoms with van der Waals surface area (Å²) in [5.74, 6) is -0.387. The largest absolute Gasteiger partial charge is 0.481 e. The first-order valence-corrected chi connectivity index (χ1v) is 24.1. The lowest BCUT2D eigenvalue weighted by molar-refractivity contribution is -0.381. The number of aliphatic hydroxyl groups is 8. The van der Waals surface area contributed by atoms with Crippen LogP contribution in [0.4, 0.5) is 0 Å². The van der Waals surface area contributed by atoms with Crippen LogP contribution in [0.25, 0.3) is 0 Å². The summed E-state index contributed by atoms with van der Waals surface area (Å²) in [6.45, 7) is 16.6. The molecule has 0 aromatic carbocycles. The fraction of sp³-hybridized carbons (Fsp3) is 0.938. The molecule has 0 aromatic heterocycles. The monoisotopic (exact) mass is 911 g/mol. The minimum atomic E-state index is -1.72. The van der Waals surface area contributed by atoms with Gasteiger partial charge in [0.25, 0.3) is 0 Å². The number of aliphatic hydroxyl groups excluding tert-OH is 8. The molecule has 5 aliphatic carbocycles. The number of carboxylic acid groups (broad SMARTS) is 1. The minimum Gasteiger partial charge on any atom is -0.481 e. The van der Waals surface area contributed by atoms with Crippen molar-refractivity contribution in [2.75, 3.05) is 13.2 Å². The fourth-order valence-corrected chi connectivity index (χ4v) is 15.0. The lowest BCUT2D eigenvalue weighted by atomic mass is 9.33. The van der Waals surface area contributed by atoms with Crippen molar-refractivity contribution in [2.24, 2.45) is 50.2 Å². The Labute approximate surface area is 377 Å². The number of allylic oxidation sites excluding steroid dienone is 2. The minimum absolute atomic E-state index is 0.00155. The number of fused-ring (bicyclic) bond motifs is 7. The number of rotatable bonds is 9. The molecule has 366 valence electrons. The van der Waals surface area contributed by atoms with Crippen molar-refractivity contribution >= 4 is 5.97 Å². The second-order valence-corrected chi connectivity index (χ2v) is 23.1. The van der Waals surface area contributed by atoms with Gasteiger partial charge in [0.1, 0.15) is 54.9 Å². The van der Waals surface area contributed by atoms with Gasteiger partial charge >= 0.3 is 5.97 Å². The van der Waals surface area contributed by atoms with Crippen LogP contribution in [-0.4, -0.2) is 157 Å². The molecule has 0 aromatic rings. The molecule has 0 radical (unpaired) electrons. The van der Waals surface area contributed by atoms with Gasteiger partial charge in [-0.05, 0) is 117 Å². The zero-order valence-electron chi connectivity index (χ0n) is 39.0.